The maximum Gasteiger partial charge on any atom is 0.410 e. The lowest BCUT2D eigenvalue weighted by molar-refractivity contribution is -0.131. The topological polar surface area (TPSA) is 75.9 Å². The van der Waals surface area contributed by atoms with Crippen LogP contribution in [-0.2, 0) is 16.1 Å². The van der Waals surface area contributed by atoms with Crippen molar-refractivity contribution in [3.05, 3.63) is 35.9 Å². The molecule has 0 aromatic heterocycles. The molecule has 132 valence electrons. The van der Waals surface area contributed by atoms with Gasteiger partial charge in [-0.3, -0.25) is 4.79 Å². The summed E-state index contributed by atoms with van der Waals surface area (Å²) < 4.78 is 5.45. The average Bonchev–Trinajstić information content (AvgIpc) is 2.60. The minimum atomic E-state index is -0.530. The number of carbonyl (C=O) groups is 2. The van der Waals surface area contributed by atoms with E-state index in [-0.39, 0.29) is 24.6 Å². The highest BCUT2D eigenvalue weighted by atomic mass is 16.6. The summed E-state index contributed by atoms with van der Waals surface area (Å²) in [6.45, 7) is 3.09. The number of nitrogens with two attached hydrogens (primary N) is 1. The molecule has 1 saturated heterocycles. The molecule has 0 saturated carbocycles. The highest BCUT2D eigenvalue weighted by molar-refractivity contribution is 5.81. The van der Waals surface area contributed by atoms with Gasteiger partial charge in [0.1, 0.15) is 6.61 Å². The van der Waals surface area contributed by atoms with Crippen LogP contribution < -0.4 is 5.73 Å². The summed E-state index contributed by atoms with van der Waals surface area (Å²) in [5, 5.41) is 0. The molecular weight excluding hydrogens is 306 g/mol. The molecule has 6 heteroatoms. The number of likely N-dealkylation sites (tertiary alicyclic amines) is 1. The summed E-state index contributed by atoms with van der Waals surface area (Å²) in [4.78, 5) is 27.8. The average molecular weight is 333 g/mol. The summed E-state index contributed by atoms with van der Waals surface area (Å²) in [5.41, 5.74) is 6.61. The van der Waals surface area contributed by atoms with Gasteiger partial charge in [0.25, 0.3) is 0 Å². The fourth-order valence-electron chi connectivity index (χ4n) is 2.99. The van der Waals surface area contributed by atoms with Crippen molar-refractivity contribution in [1.82, 2.24) is 9.80 Å². The number of nitrogens with zero attached hydrogens (tertiary/aromatic N) is 2. The van der Waals surface area contributed by atoms with Crippen LogP contribution in [0.5, 0.6) is 0 Å². The summed E-state index contributed by atoms with van der Waals surface area (Å²) >= 11 is 0. The molecule has 2 amide bonds. The van der Waals surface area contributed by atoms with E-state index in [4.69, 9.17) is 10.5 Å². The molecule has 2 atom stereocenters. The van der Waals surface area contributed by atoms with Gasteiger partial charge in [-0.05, 0) is 31.7 Å². The van der Waals surface area contributed by atoms with Gasteiger partial charge >= 0.3 is 6.09 Å². The van der Waals surface area contributed by atoms with Gasteiger partial charge in [0.2, 0.25) is 5.91 Å². The van der Waals surface area contributed by atoms with Gasteiger partial charge in [-0.15, -0.1) is 0 Å². The number of carbonyl (C=O) groups excluding carboxylic acids is 2. The number of amides is 2. The number of hydrogen-bond donors (Lipinski definition) is 1. The Kier molecular flexibility index (Phi) is 6.61. The minimum absolute atomic E-state index is 0.0188. The molecular formula is C18H27N3O3. The van der Waals surface area contributed by atoms with Crippen molar-refractivity contribution in [2.75, 3.05) is 20.1 Å². The Labute approximate surface area is 143 Å². The zero-order valence-corrected chi connectivity index (χ0v) is 14.5. The third kappa shape index (κ3) is 4.96. The molecule has 1 fully saturated rings. The van der Waals surface area contributed by atoms with Crippen LogP contribution in [0.2, 0.25) is 0 Å². The zero-order valence-electron chi connectivity index (χ0n) is 14.5. The van der Waals surface area contributed by atoms with Gasteiger partial charge in [0, 0.05) is 20.1 Å². The quantitative estimate of drug-likeness (QED) is 0.894. The first-order chi connectivity index (χ1) is 11.5. The minimum Gasteiger partial charge on any atom is -0.445 e. The van der Waals surface area contributed by atoms with E-state index in [1.165, 1.54) is 0 Å². The molecule has 1 aliphatic rings. The molecule has 1 aliphatic heterocycles. The first-order valence-electron chi connectivity index (χ1n) is 8.47. The third-order valence-electron chi connectivity index (χ3n) is 4.32. The summed E-state index contributed by atoms with van der Waals surface area (Å²) in [7, 11) is 1.73. The Morgan fingerprint density at radius 3 is 2.71 bits per heavy atom. The predicted molar refractivity (Wildman–Crippen MR) is 92.3 cm³/mol. The van der Waals surface area contributed by atoms with Crippen molar-refractivity contribution in [3.8, 4) is 0 Å². The second-order valence-electron chi connectivity index (χ2n) is 6.39. The molecule has 6 nitrogen and oxygen atoms in total. The van der Waals surface area contributed by atoms with Crippen molar-refractivity contribution >= 4 is 12.0 Å². The van der Waals surface area contributed by atoms with Crippen molar-refractivity contribution in [1.29, 1.82) is 0 Å². The zero-order chi connectivity index (χ0) is 17.5. The highest BCUT2D eigenvalue weighted by Gasteiger charge is 2.30. The SMILES string of the molecule is CC(N)C(=O)N(C)CC1CCCCN1C(=O)OCc1ccccc1. The second kappa shape index (κ2) is 8.68. The Morgan fingerprint density at radius 1 is 1.33 bits per heavy atom. The van der Waals surface area contributed by atoms with E-state index in [0.29, 0.717) is 13.1 Å². The predicted octanol–water partition coefficient (Wildman–Crippen LogP) is 1.98. The molecule has 0 bridgehead atoms. The van der Waals surface area contributed by atoms with E-state index < -0.39 is 6.04 Å². The van der Waals surface area contributed by atoms with Crippen molar-refractivity contribution in [3.63, 3.8) is 0 Å². The van der Waals surface area contributed by atoms with Crippen LogP contribution in [0.4, 0.5) is 4.79 Å². The number of rotatable bonds is 5. The first-order valence-corrected chi connectivity index (χ1v) is 8.47. The third-order valence-corrected chi connectivity index (χ3v) is 4.32. The molecule has 1 heterocycles. The van der Waals surface area contributed by atoms with Gasteiger partial charge in [-0.2, -0.15) is 0 Å². The van der Waals surface area contributed by atoms with Crippen LogP contribution in [0.25, 0.3) is 0 Å². The molecule has 2 N–H and O–H groups in total. The standard InChI is InChI=1S/C18H27N3O3/c1-14(19)17(22)20(2)12-16-10-6-7-11-21(16)18(23)24-13-15-8-4-3-5-9-15/h3-5,8-9,14,16H,6-7,10-13,19H2,1-2H3. The monoisotopic (exact) mass is 333 g/mol. The lowest BCUT2D eigenvalue weighted by Gasteiger charge is -2.37. The van der Waals surface area contributed by atoms with Gasteiger partial charge in [-0.25, -0.2) is 4.79 Å². The van der Waals surface area contributed by atoms with Crippen molar-refractivity contribution in [2.45, 2.75) is 44.9 Å². The Balaban J connectivity index is 1.92. The van der Waals surface area contributed by atoms with E-state index in [9.17, 15) is 9.59 Å². The fourth-order valence-corrected chi connectivity index (χ4v) is 2.99. The summed E-state index contributed by atoms with van der Waals surface area (Å²) in [6, 6.07) is 9.07. The van der Waals surface area contributed by atoms with E-state index in [0.717, 1.165) is 24.8 Å². The van der Waals surface area contributed by atoms with Crippen LogP contribution in [0.15, 0.2) is 30.3 Å². The maximum absolute atomic E-state index is 12.4. The molecule has 2 rings (SSSR count). The summed E-state index contributed by atoms with van der Waals surface area (Å²) in [5.74, 6) is -0.113. The maximum atomic E-state index is 12.4. The number of likely N-dealkylation sites (N-methyl/N-ethyl adjacent to an activating group) is 1. The molecule has 0 aliphatic carbocycles. The fraction of sp³-hybridized carbons (Fsp3) is 0.556. The second-order valence-corrected chi connectivity index (χ2v) is 6.39. The molecule has 0 radical (unpaired) electrons. The molecule has 1 aromatic rings. The molecule has 2 unspecified atom stereocenters. The van der Waals surface area contributed by atoms with E-state index in [2.05, 4.69) is 0 Å². The van der Waals surface area contributed by atoms with Crippen LogP contribution in [0.3, 0.4) is 0 Å². The largest absolute Gasteiger partial charge is 0.445 e. The van der Waals surface area contributed by atoms with E-state index >= 15 is 0 Å². The molecule has 0 spiro atoms. The first kappa shape index (κ1) is 18.3. The lowest BCUT2D eigenvalue weighted by atomic mass is 10.0. The Bertz CT molecular complexity index is 548. The number of piperidine rings is 1. The number of hydrogen-bond acceptors (Lipinski definition) is 4. The normalized spacial score (nSPS) is 18.8. The van der Waals surface area contributed by atoms with Gasteiger partial charge < -0.3 is 20.3 Å². The highest BCUT2D eigenvalue weighted by Crippen LogP contribution is 2.19. The van der Waals surface area contributed by atoms with Crippen molar-refractivity contribution < 1.29 is 14.3 Å². The molecule has 1 aromatic carbocycles. The van der Waals surface area contributed by atoms with E-state index in [1.54, 1.807) is 23.8 Å². The smallest absolute Gasteiger partial charge is 0.410 e. The van der Waals surface area contributed by atoms with Gasteiger partial charge in [-0.1, -0.05) is 30.3 Å². The van der Waals surface area contributed by atoms with Crippen LogP contribution in [-0.4, -0.2) is 54.0 Å². The van der Waals surface area contributed by atoms with Crippen LogP contribution >= 0.6 is 0 Å². The van der Waals surface area contributed by atoms with Crippen LogP contribution in [0, 0.1) is 0 Å². The van der Waals surface area contributed by atoms with Gasteiger partial charge in [0.05, 0.1) is 12.1 Å². The van der Waals surface area contributed by atoms with Gasteiger partial charge in [0.15, 0.2) is 0 Å². The summed E-state index contributed by atoms with van der Waals surface area (Å²) in [6.07, 6.45) is 2.57. The number of benzene rings is 1. The molecule has 24 heavy (non-hydrogen) atoms. The Hall–Kier alpha value is -2.08. The number of ether oxygens (including phenoxy) is 1. The van der Waals surface area contributed by atoms with Crippen molar-refractivity contribution in [2.24, 2.45) is 5.73 Å². The lowest BCUT2D eigenvalue weighted by Crippen LogP contribution is -2.51. The van der Waals surface area contributed by atoms with Crippen LogP contribution in [0.1, 0.15) is 31.7 Å². The van der Waals surface area contributed by atoms with E-state index in [1.807, 2.05) is 30.3 Å². The Morgan fingerprint density at radius 2 is 2.04 bits per heavy atom.